The quantitative estimate of drug-likeness (QED) is 0.751. The number of aromatic nitrogens is 6. The fourth-order valence-corrected chi connectivity index (χ4v) is 2.92. The molecule has 124 valence electrons. The molecule has 1 unspecified atom stereocenters. The number of hydrogen-bond acceptors (Lipinski definition) is 6. The molecule has 4 rings (SSSR count). The van der Waals surface area contributed by atoms with Crippen molar-refractivity contribution in [2.45, 2.75) is 38.9 Å². The van der Waals surface area contributed by atoms with Gasteiger partial charge in [-0.15, -0.1) is 10.2 Å². The Kier molecular flexibility index (Phi) is 3.60. The molecule has 1 aliphatic rings. The highest BCUT2D eigenvalue weighted by Crippen LogP contribution is 2.15. The Balaban J connectivity index is 1.36. The number of tetrazole rings is 1. The first-order chi connectivity index (χ1) is 11.7. The third-order valence-electron chi connectivity index (χ3n) is 3.96. The molecule has 9 nitrogen and oxygen atoms in total. The molecule has 0 spiro atoms. The van der Waals surface area contributed by atoms with Crippen molar-refractivity contribution in [3.05, 3.63) is 36.1 Å². The molecule has 0 saturated heterocycles. The molecule has 0 fully saturated rings. The SMILES string of the molecule is Cc1cn2c(n1)CCC(NC(=O)Cn1nnc(-c3ccco3)n1)C2. The van der Waals surface area contributed by atoms with Gasteiger partial charge in [-0.3, -0.25) is 4.79 Å². The molecule has 4 heterocycles. The molecule has 3 aromatic heterocycles. The smallest absolute Gasteiger partial charge is 0.243 e. The number of amides is 1. The van der Waals surface area contributed by atoms with Crippen LogP contribution in [0.4, 0.5) is 0 Å². The van der Waals surface area contributed by atoms with Crippen molar-refractivity contribution in [3.63, 3.8) is 0 Å². The van der Waals surface area contributed by atoms with Crippen LogP contribution in [0.25, 0.3) is 11.6 Å². The van der Waals surface area contributed by atoms with Crippen molar-refractivity contribution in [2.24, 2.45) is 0 Å². The van der Waals surface area contributed by atoms with Crippen molar-refractivity contribution >= 4 is 5.91 Å². The molecular weight excluding hydrogens is 310 g/mol. The van der Waals surface area contributed by atoms with Crippen molar-refractivity contribution < 1.29 is 9.21 Å². The highest BCUT2D eigenvalue weighted by Gasteiger charge is 2.21. The lowest BCUT2D eigenvalue weighted by atomic mass is 10.1. The normalized spacial score (nSPS) is 16.8. The first-order valence-electron chi connectivity index (χ1n) is 7.81. The summed E-state index contributed by atoms with van der Waals surface area (Å²) in [6.07, 6.45) is 5.30. The van der Waals surface area contributed by atoms with E-state index in [1.165, 1.54) is 11.1 Å². The van der Waals surface area contributed by atoms with Crippen LogP contribution in [0, 0.1) is 6.92 Å². The summed E-state index contributed by atoms with van der Waals surface area (Å²) in [6, 6.07) is 3.58. The molecule has 9 heteroatoms. The van der Waals surface area contributed by atoms with Gasteiger partial charge in [0.2, 0.25) is 11.7 Å². The van der Waals surface area contributed by atoms with Crippen LogP contribution in [0.3, 0.4) is 0 Å². The molecule has 0 aliphatic carbocycles. The number of aryl methyl sites for hydroxylation is 2. The summed E-state index contributed by atoms with van der Waals surface area (Å²) in [5.74, 6) is 1.84. The van der Waals surface area contributed by atoms with Crippen LogP contribution in [0.15, 0.2) is 29.0 Å². The van der Waals surface area contributed by atoms with Gasteiger partial charge >= 0.3 is 0 Å². The predicted octanol–water partition coefficient (Wildman–Crippen LogP) is 0.569. The van der Waals surface area contributed by atoms with E-state index >= 15 is 0 Å². The van der Waals surface area contributed by atoms with Crippen LogP contribution in [-0.2, 0) is 24.3 Å². The zero-order valence-corrected chi connectivity index (χ0v) is 13.2. The fraction of sp³-hybridized carbons (Fsp3) is 0.400. The lowest BCUT2D eigenvalue weighted by Gasteiger charge is -2.24. The summed E-state index contributed by atoms with van der Waals surface area (Å²) in [4.78, 5) is 17.9. The van der Waals surface area contributed by atoms with Gasteiger partial charge in [0, 0.05) is 25.2 Å². The molecular formula is C15H17N7O2. The van der Waals surface area contributed by atoms with Crippen molar-refractivity contribution in [1.29, 1.82) is 0 Å². The van der Waals surface area contributed by atoms with Gasteiger partial charge < -0.3 is 14.3 Å². The minimum atomic E-state index is -0.135. The van der Waals surface area contributed by atoms with Gasteiger partial charge in [-0.1, -0.05) is 0 Å². The zero-order chi connectivity index (χ0) is 16.5. The van der Waals surface area contributed by atoms with E-state index in [0.717, 1.165) is 30.9 Å². The van der Waals surface area contributed by atoms with E-state index < -0.39 is 0 Å². The van der Waals surface area contributed by atoms with Crippen LogP contribution in [-0.4, -0.2) is 41.7 Å². The van der Waals surface area contributed by atoms with Crippen LogP contribution < -0.4 is 5.32 Å². The predicted molar refractivity (Wildman–Crippen MR) is 82.7 cm³/mol. The molecule has 24 heavy (non-hydrogen) atoms. The van der Waals surface area contributed by atoms with Crippen molar-refractivity contribution in [1.82, 2.24) is 35.1 Å². The van der Waals surface area contributed by atoms with Gasteiger partial charge in [-0.05, 0) is 30.7 Å². The van der Waals surface area contributed by atoms with Crippen molar-refractivity contribution in [3.8, 4) is 11.6 Å². The Morgan fingerprint density at radius 3 is 3.25 bits per heavy atom. The second-order valence-electron chi connectivity index (χ2n) is 5.87. The lowest BCUT2D eigenvalue weighted by molar-refractivity contribution is -0.123. The second-order valence-corrected chi connectivity index (χ2v) is 5.87. The molecule has 0 radical (unpaired) electrons. The van der Waals surface area contributed by atoms with Gasteiger partial charge in [0.1, 0.15) is 12.4 Å². The highest BCUT2D eigenvalue weighted by molar-refractivity contribution is 5.75. The molecule has 1 N–H and O–H groups in total. The number of fused-ring (bicyclic) bond motifs is 1. The topological polar surface area (TPSA) is 104 Å². The number of imidazole rings is 1. The summed E-state index contributed by atoms with van der Waals surface area (Å²) >= 11 is 0. The highest BCUT2D eigenvalue weighted by atomic mass is 16.3. The number of carbonyl (C=O) groups excluding carboxylic acids is 1. The van der Waals surface area contributed by atoms with E-state index in [2.05, 4.69) is 30.3 Å². The number of nitrogens with zero attached hydrogens (tertiary/aromatic N) is 6. The Morgan fingerprint density at radius 1 is 1.50 bits per heavy atom. The Morgan fingerprint density at radius 2 is 2.42 bits per heavy atom. The molecule has 0 saturated carbocycles. The number of rotatable bonds is 4. The largest absolute Gasteiger partial charge is 0.461 e. The van der Waals surface area contributed by atoms with Crippen LogP contribution in [0.1, 0.15) is 17.9 Å². The van der Waals surface area contributed by atoms with E-state index in [-0.39, 0.29) is 18.5 Å². The maximum absolute atomic E-state index is 12.2. The van der Waals surface area contributed by atoms with E-state index in [9.17, 15) is 4.79 Å². The first-order valence-corrected chi connectivity index (χ1v) is 7.81. The van der Waals surface area contributed by atoms with Gasteiger partial charge in [-0.2, -0.15) is 4.80 Å². The summed E-state index contributed by atoms with van der Waals surface area (Å²) in [5.41, 5.74) is 1.01. The molecule has 0 aromatic carbocycles. The van der Waals surface area contributed by atoms with Crippen molar-refractivity contribution in [2.75, 3.05) is 0 Å². The Labute approximate surface area is 137 Å². The number of hydrogen-bond donors (Lipinski definition) is 1. The molecule has 1 atom stereocenters. The Bertz CT molecular complexity index is 849. The maximum atomic E-state index is 12.2. The van der Waals surface area contributed by atoms with Gasteiger partial charge in [0.15, 0.2) is 5.76 Å². The Hall–Kier alpha value is -2.97. The number of nitrogens with one attached hydrogen (secondary N) is 1. The van der Waals surface area contributed by atoms with E-state index in [1.54, 1.807) is 12.1 Å². The minimum Gasteiger partial charge on any atom is -0.461 e. The summed E-state index contributed by atoms with van der Waals surface area (Å²) in [6.45, 7) is 2.75. The average molecular weight is 327 g/mol. The summed E-state index contributed by atoms with van der Waals surface area (Å²) in [7, 11) is 0. The fourth-order valence-electron chi connectivity index (χ4n) is 2.92. The number of carbonyl (C=O) groups is 1. The number of furan rings is 1. The first kappa shape index (κ1) is 14.6. The van der Waals surface area contributed by atoms with Crippen LogP contribution in [0.2, 0.25) is 0 Å². The van der Waals surface area contributed by atoms with Gasteiger partial charge in [0.25, 0.3) is 0 Å². The van der Waals surface area contributed by atoms with E-state index in [1.807, 2.05) is 13.1 Å². The van der Waals surface area contributed by atoms with Gasteiger partial charge in [0.05, 0.1) is 12.0 Å². The monoisotopic (exact) mass is 327 g/mol. The third kappa shape index (κ3) is 2.92. The molecule has 1 amide bonds. The third-order valence-corrected chi connectivity index (χ3v) is 3.96. The summed E-state index contributed by atoms with van der Waals surface area (Å²) < 4.78 is 7.31. The van der Waals surface area contributed by atoms with Crippen LogP contribution >= 0.6 is 0 Å². The van der Waals surface area contributed by atoms with Crippen LogP contribution in [0.5, 0.6) is 0 Å². The molecule has 1 aliphatic heterocycles. The average Bonchev–Trinajstić information content (AvgIpc) is 3.25. The summed E-state index contributed by atoms with van der Waals surface area (Å²) in [5, 5.41) is 14.9. The maximum Gasteiger partial charge on any atom is 0.243 e. The van der Waals surface area contributed by atoms with Gasteiger partial charge in [-0.25, -0.2) is 4.98 Å². The van der Waals surface area contributed by atoms with E-state index in [0.29, 0.717) is 11.6 Å². The lowest BCUT2D eigenvalue weighted by Crippen LogP contribution is -2.42. The standard InChI is InChI=1S/C15H17N7O2/c1-10-7-21-8-11(4-5-13(21)16-10)17-14(23)9-22-19-15(18-20-22)12-3-2-6-24-12/h2-3,6-7,11H,4-5,8-9H2,1H3,(H,17,23). The second kappa shape index (κ2) is 5.91. The van der Waals surface area contributed by atoms with E-state index in [4.69, 9.17) is 4.42 Å². The minimum absolute atomic E-state index is 0.0278. The molecule has 0 bridgehead atoms. The molecule has 3 aromatic rings. The zero-order valence-electron chi connectivity index (χ0n) is 13.2.